The van der Waals surface area contributed by atoms with Gasteiger partial charge in [-0.15, -0.1) is 11.3 Å². The predicted molar refractivity (Wildman–Crippen MR) is 92.8 cm³/mol. The van der Waals surface area contributed by atoms with Crippen molar-refractivity contribution in [1.82, 2.24) is 14.7 Å². The highest BCUT2D eigenvalue weighted by molar-refractivity contribution is 7.11. The van der Waals surface area contributed by atoms with Gasteiger partial charge in [0, 0.05) is 48.6 Å². The molecule has 0 N–H and O–H groups in total. The van der Waals surface area contributed by atoms with Gasteiger partial charge in [-0.2, -0.15) is 5.10 Å². The smallest absolute Gasteiger partial charge is 0.0713 e. The summed E-state index contributed by atoms with van der Waals surface area (Å²) >= 11 is 1.92. The first-order chi connectivity index (χ1) is 11.1. The number of likely N-dealkylation sites (tertiary alicyclic amines) is 1. The third kappa shape index (κ3) is 3.23. The minimum Gasteiger partial charge on any atom is -0.374 e. The maximum absolute atomic E-state index is 6.30. The van der Waals surface area contributed by atoms with Gasteiger partial charge in [0.1, 0.15) is 0 Å². The Morgan fingerprint density at radius 3 is 2.83 bits per heavy atom. The fourth-order valence-electron chi connectivity index (χ4n) is 3.97. The number of hydrogen-bond acceptors (Lipinski definition) is 4. The second-order valence-corrected chi connectivity index (χ2v) is 8.50. The Hall–Kier alpha value is -1.17. The summed E-state index contributed by atoms with van der Waals surface area (Å²) in [7, 11) is 1.99. The zero-order chi connectivity index (χ0) is 15.9. The predicted octanol–water partition coefficient (Wildman–Crippen LogP) is 3.33. The molecule has 2 aromatic rings. The first-order valence-corrected chi connectivity index (χ1v) is 9.34. The Labute approximate surface area is 142 Å². The van der Waals surface area contributed by atoms with Crippen molar-refractivity contribution in [2.45, 2.75) is 44.2 Å². The van der Waals surface area contributed by atoms with Crippen LogP contribution in [0.3, 0.4) is 0 Å². The molecular formula is C18H25N3OS. The molecule has 23 heavy (non-hydrogen) atoms. The molecule has 0 saturated carbocycles. The van der Waals surface area contributed by atoms with E-state index < -0.39 is 0 Å². The number of ether oxygens (including phenoxy) is 1. The van der Waals surface area contributed by atoms with Crippen LogP contribution in [-0.4, -0.2) is 40.0 Å². The molecule has 2 aliphatic rings. The number of thiophene rings is 1. The van der Waals surface area contributed by atoms with Crippen molar-refractivity contribution in [3.63, 3.8) is 0 Å². The van der Waals surface area contributed by atoms with Crippen LogP contribution in [0.25, 0.3) is 0 Å². The Kier molecular flexibility index (Phi) is 4.03. The number of nitrogens with zero attached hydrogens (tertiary/aromatic N) is 3. The molecule has 2 fully saturated rings. The number of rotatable bonds is 3. The first-order valence-electron chi connectivity index (χ1n) is 8.52. The van der Waals surface area contributed by atoms with Crippen LogP contribution in [0.4, 0.5) is 0 Å². The van der Waals surface area contributed by atoms with Crippen molar-refractivity contribution in [2.75, 3.05) is 19.7 Å². The fraction of sp³-hybridized carbons (Fsp3) is 0.611. The highest BCUT2D eigenvalue weighted by Crippen LogP contribution is 2.42. The zero-order valence-electron chi connectivity index (χ0n) is 14.0. The second-order valence-electron chi connectivity index (χ2n) is 7.13. The SMILES string of the molecule is Cc1ccc(CN2CCC3(CC2)C[C@@H](c2cnn(C)c2)CO3)s1. The standard InChI is InChI=1S/C18H25N3OS/c1-14-3-4-17(23-14)12-21-7-5-18(6-8-21)9-15(13-22-18)16-10-19-20(2)11-16/h3-4,10-11,15H,5-9,12-13H2,1-2H3/t15-/m1/s1. The lowest BCUT2D eigenvalue weighted by Crippen LogP contribution is -2.43. The van der Waals surface area contributed by atoms with Gasteiger partial charge < -0.3 is 4.74 Å². The fourth-order valence-corrected chi connectivity index (χ4v) is 4.90. The molecule has 2 aromatic heterocycles. The molecule has 0 amide bonds. The molecule has 4 nitrogen and oxygen atoms in total. The summed E-state index contributed by atoms with van der Waals surface area (Å²) in [5, 5.41) is 4.31. The summed E-state index contributed by atoms with van der Waals surface area (Å²) in [6.07, 6.45) is 7.62. The van der Waals surface area contributed by atoms with Gasteiger partial charge in [0.15, 0.2) is 0 Å². The van der Waals surface area contributed by atoms with E-state index in [9.17, 15) is 0 Å². The van der Waals surface area contributed by atoms with Crippen LogP contribution < -0.4 is 0 Å². The van der Waals surface area contributed by atoms with E-state index >= 15 is 0 Å². The number of hydrogen-bond donors (Lipinski definition) is 0. The maximum atomic E-state index is 6.30. The minimum absolute atomic E-state index is 0.113. The molecule has 0 unspecified atom stereocenters. The summed E-state index contributed by atoms with van der Waals surface area (Å²) in [6, 6.07) is 4.50. The highest BCUT2D eigenvalue weighted by Gasteiger charge is 2.43. The van der Waals surface area contributed by atoms with Crippen molar-refractivity contribution >= 4 is 11.3 Å². The molecule has 2 aliphatic heterocycles. The van der Waals surface area contributed by atoms with E-state index in [1.54, 1.807) is 0 Å². The highest BCUT2D eigenvalue weighted by atomic mass is 32.1. The van der Waals surface area contributed by atoms with Gasteiger partial charge >= 0.3 is 0 Å². The van der Waals surface area contributed by atoms with Gasteiger partial charge in [0.05, 0.1) is 18.4 Å². The lowest BCUT2D eigenvalue weighted by molar-refractivity contribution is -0.0447. The van der Waals surface area contributed by atoms with Gasteiger partial charge in [0.2, 0.25) is 0 Å². The quantitative estimate of drug-likeness (QED) is 0.864. The van der Waals surface area contributed by atoms with E-state index in [0.29, 0.717) is 5.92 Å². The average molecular weight is 331 g/mol. The van der Waals surface area contributed by atoms with E-state index in [1.807, 2.05) is 29.3 Å². The van der Waals surface area contributed by atoms with Crippen LogP contribution in [-0.2, 0) is 18.3 Å². The van der Waals surface area contributed by atoms with Crippen molar-refractivity contribution in [1.29, 1.82) is 0 Å². The van der Waals surface area contributed by atoms with Crippen LogP contribution >= 0.6 is 11.3 Å². The van der Waals surface area contributed by atoms with E-state index in [2.05, 4.69) is 35.3 Å². The van der Waals surface area contributed by atoms with Gasteiger partial charge in [-0.05, 0) is 43.9 Å². The lowest BCUT2D eigenvalue weighted by Gasteiger charge is -2.38. The topological polar surface area (TPSA) is 30.3 Å². The molecule has 124 valence electrons. The van der Waals surface area contributed by atoms with Crippen LogP contribution in [0.2, 0.25) is 0 Å². The first kappa shape index (κ1) is 15.4. The van der Waals surface area contributed by atoms with Crippen molar-refractivity contribution in [2.24, 2.45) is 7.05 Å². The molecule has 4 rings (SSSR count). The van der Waals surface area contributed by atoms with Crippen molar-refractivity contribution in [3.05, 3.63) is 39.8 Å². The lowest BCUT2D eigenvalue weighted by atomic mass is 9.84. The Morgan fingerprint density at radius 1 is 1.35 bits per heavy atom. The van der Waals surface area contributed by atoms with E-state index in [1.165, 1.54) is 15.3 Å². The van der Waals surface area contributed by atoms with Crippen LogP contribution in [0, 0.1) is 6.92 Å². The summed E-state index contributed by atoms with van der Waals surface area (Å²) < 4.78 is 8.19. The maximum Gasteiger partial charge on any atom is 0.0713 e. The summed E-state index contributed by atoms with van der Waals surface area (Å²) in [5.74, 6) is 0.523. The van der Waals surface area contributed by atoms with Gasteiger partial charge in [0.25, 0.3) is 0 Å². The van der Waals surface area contributed by atoms with Crippen LogP contribution in [0.15, 0.2) is 24.5 Å². The molecule has 4 heterocycles. The van der Waals surface area contributed by atoms with E-state index in [-0.39, 0.29) is 5.60 Å². The van der Waals surface area contributed by atoms with Crippen LogP contribution in [0.5, 0.6) is 0 Å². The second kappa shape index (κ2) is 6.04. The monoisotopic (exact) mass is 331 g/mol. The number of piperidine rings is 1. The number of aryl methyl sites for hydroxylation is 2. The van der Waals surface area contributed by atoms with E-state index in [0.717, 1.165) is 45.5 Å². The summed E-state index contributed by atoms with van der Waals surface area (Å²) in [5.41, 5.74) is 1.45. The third-order valence-corrected chi connectivity index (χ3v) is 6.33. The number of aromatic nitrogens is 2. The average Bonchev–Trinajstić information content (AvgIpc) is 3.24. The normalized spacial score (nSPS) is 24.5. The molecule has 1 atom stereocenters. The van der Waals surface area contributed by atoms with Crippen LogP contribution in [0.1, 0.15) is 40.5 Å². The molecule has 0 radical (unpaired) electrons. The third-order valence-electron chi connectivity index (χ3n) is 5.35. The molecule has 1 spiro atoms. The Bertz CT molecular complexity index is 669. The Balaban J connectivity index is 1.34. The minimum atomic E-state index is 0.113. The van der Waals surface area contributed by atoms with Gasteiger partial charge in [-0.25, -0.2) is 0 Å². The molecule has 0 aliphatic carbocycles. The molecular weight excluding hydrogens is 306 g/mol. The molecule has 5 heteroatoms. The summed E-state index contributed by atoms with van der Waals surface area (Å²) in [4.78, 5) is 5.48. The van der Waals surface area contributed by atoms with Gasteiger partial charge in [-0.3, -0.25) is 9.58 Å². The van der Waals surface area contributed by atoms with Crippen molar-refractivity contribution in [3.8, 4) is 0 Å². The summed E-state index contributed by atoms with van der Waals surface area (Å²) in [6.45, 7) is 6.44. The Morgan fingerprint density at radius 2 is 2.17 bits per heavy atom. The van der Waals surface area contributed by atoms with Gasteiger partial charge in [-0.1, -0.05) is 0 Å². The molecule has 0 bridgehead atoms. The largest absolute Gasteiger partial charge is 0.374 e. The zero-order valence-corrected chi connectivity index (χ0v) is 14.8. The van der Waals surface area contributed by atoms with Crippen molar-refractivity contribution < 1.29 is 4.74 Å². The molecule has 2 saturated heterocycles. The van der Waals surface area contributed by atoms with E-state index in [4.69, 9.17) is 4.74 Å². The molecule has 0 aromatic carbocycles.